The highest BCUT2D eigenvalue weighted by Crippen LogP contribution is 2.25. The van der Waals surface area contributed by atoms with Gasteiger partial charge in [-0.25, -0.2) is 4.39 Å². The first-order valence-corrected chi connectivity index (χ1v) is 4.53. The maximum absolute atomic E-state index is 13.2. The third-order valence-electron chi connectivity index (χ3n) is 2.62. The van der Waals surface area contributed by atoms with E-state index < -0.39 is 5.54 Å². The molecule has 1 atom stereocenters. The van der Waals surface area contributed by atoms with Crippen LogP contribution in [0.5, 0.6) is 0 Å². The van der Waals surface area contributed by atoms with E-state index in [1.807, 2.05) is 19.9 Å². The lowest BCUT2D eigenvalue weighted by molar-refractivity contribution is 0.468. The minimum absolute atomic E-state index is 0.178. The molecule has 0 saturated heterocycles. The van der Waals surface area contributed by atoms with E-state index >= 15 is 0 Å². The molecule has 0 spiro atoms. The lowest BCUT2D eigenvalue weighted by Gasteiger charge is -2.25. The molecule has 0 fully saturated rings. The van der Waals surface area contributed by atoms with Crippen LogP contribution in [0.2, 0.25) is 0 Å². The van der Waals surface area contributed by atoms with Crippen molar-refractivity contribution >= 4 is 0 Å². The molecule has 0 bridgehead atoms. The van der Waals surface area contributed by atoms with Crippen molar-refractivity contribution in [2.75, 3.05) is 0 Å². The number of benzene rings is 1. The predicted molar refractivity (Wildman–Crippen MR) is 53.0 cm³/mol. The van der Waals surface area contributed by atoms with E-state index in [0.29, 0.717) is 5.56 Å². The van der Waals surface area contributed by atoms with E-state index in [-0.39, 0.29) is 5.82 Å². The molecule has 1 aromatic carbocycles. The summed E-state index contributed by atoms with van der Waals surface area (Å²) in [6, 6.07) is 5.06. The fourth-order valence-electron chi connectivity index (χ4n) is 1.42. The molecule has 1 nitrogen and oxygen atoms in total. The first-order valence-electron chi connectivity index (χ1n) is 4.53. The average molecular weight is 181 g/mol. The van der Waals surface area contributed by atoms with Crippen LogP contribution in [0.4, 0.5) is 4.39 Å². The topological polar surface area (TPSA) is 26.0 Å². The van der Waals surface area contributed by atoms with Gasteiger partial charge in [-0.2, -0.15) is 0 Å². The van der Waals surface area contributed by atoms with Crippen LogP contribution in [0.25, 0.3) is 0 Å². The Morgan fingerprint density at radius 1 is 1.46 bits per heavy atom. The van der Waals surface area contributed by atoms with Crippen LogP contribution in [0, 0.1) is 12.7 Å². The van der Waals surface area contributed by atoms with Crippen LogP contribution in [0.15, 0.2) is 18.2 Å². The van der Waals surface area contributed by atoms with Gasteiger partial charge in [0.25, 0.3) is 0 Å². The number of hydrogen-bond acceptors (Lipinski definition) is 1. The zero-order valence-corrected chi connectivity index (χ0v) is 8.39. The Balaban J connectivity index is 3.22. The number of halogens is 1. The molecule has 13 heavy (non-hydrogen) atoms. The lowest BCUT2D eigenvalue weighted by Crippen LogP contribution is -2.33. The van der Waals surface area contributed by atoms with Gasteiger partial charge in [0.1, 0.15) is 5.82 Å². The molecule has 0 amide bonds. The van der Waals surface area contributed by atoms with E-state index in [9.17, 15) is 4.39 Å². The normalized spacial score (nSPS) is 15.5. The van der Waals surface area contributed by atoms with Crippen molar-refractivity contribution in [1.82, 2.24) is 0 Å². The van der Waals surface area contributed by atoms with E-state index in [2.05, 4.69) is 0 Å². The van der Waals surface area contributed by atoms with Crippen molar-refractivity contribution in [3.63, 3.8) is 0 Å². The Hall–Kier alpha value is -0.890. The van der Waals surface area contributed by atoms with Gasteiger partial charge in [-0.15, -0.1) is 0 Å². The van der Waals surface area contributed by atoms with Crippen molar-refractivity contribution in [2.24, 2.45) is 5.73 Å². The zero-order valence-electron chi connectivity index (χ0n) is 8.39. The largest absolute Gasteiger partial charge is 0.322 e. The zero-order chi connectivity index (χ0) is 10.1. The molecule has 2 N–H and O–H groups in total. The number of hydrogen-bond donors (Lipinski definition) is 1. The molecular weight excluding hydrogens is 165 g/mol. The summed E-state index contributed by atoms with van der Waals surface area (Å²) in [6.07, 6.45) is 0.803. The molecule has 1 unspecified atom stereocenters. The molecule has 0 saturated carbocycles. The first-order chi connectivity index (χ1) is 5.99. The van der Waals surface area contributed by atoms with E-state index in [0.717, 1.165) is 12.0 Å². The molecule has 0 aliphatic heterocycles. The summed E-state index contributed by atoms with van der Waals surface area (Å²) in [7, 11) is 0. The van der Waals surface area contributed by atoms with Gasteiger partial charge in [-0.1, -0.05) is 19.1 Å². The summed E-state index contributed by atoms with van der Waals surface area (Å²) in [5, 5.41) is 0. The van der Waals surface area contributed by atoms with E-state index in [1.165, 1.54) is 6.07 Å². The Morgan fingerprint density at radius 2 is 2.08 bits per heavy atom. The highest BCUT2D eigenvalue weighted by atomic mass is 19.1. The van der Waals surface area contributed by atoms with Gasteiger partial charge in [0.15, 0.2) is 0 Å². The first kappa shape index (κ1) is 10.2. The molecule has 0 aliphatic carbocycles. The predicted octanol–water partition coefficient (Wildman–Crippen LogP) is 2.72. The van der Waals surface area contributed by atoms with E-state index in [1.54, 1.807) is 13.0 Å². The van der Waals surface area contributed by atoms with Crippen LogP contribution in [0.3, 0.4) is 0 Å². The van der Waals surface area contributed by atoms with Crippen molar-refractivity contribution in [1.29, 1.82) is 0 Å². The maximum Gasteiger partial charge on any atom is 0.126 e. The highest BCUT2D eigenvalue weighted by Gasteiger charge is 2.21. The van der Waals surface area contributed by atoms with Crippen molar-refractivity contribution < 1.29 is 4.39 Å². The average Bonchev–Trinajstić information content (AvgIpc) is 2.09. The Kier molecular flexibility index (Phi) is 2.71. The van der Waals surface area contributed by atoms with Crippen molar-refractivity contribution in [3.05, 3.63) is 35.1 Å². The molecule has 1 aromatic rings. The van der Waals surface area contributed by atoms with Crippen LogP contribution in [0.1, 0.15) is 31.4 Å². The minimum atomic E-state index is -0.424. The summed E-state index contributed by atoms with van der Waals surface area (Å²) >= 11 is 0. The Labute approximate surface area is 78.8 Å². The minimum Gasteiger partial charge on any atom is -0.322 e. The fourth-order valence-corrected chi connectivity index (χ4v) is 1.42. The van der Waals surface area contributed by atoms with Crippen molar-refractivity contribution in [2.45, 2.75) is 32.7 Å². The second kappa shape index (κ2) is 3.46. The third kappa shape index (κ3) is 1.89. The third-order valence-corrected chi connectivity index (χ3v) is 2.62. The molecule has 72 valence electrons. The summed E-state index contributed by atoms with van der Waals surface area (Å²) < 4.78 is 13.2. The monoisotopic (exact) mass is 181 g/mol. The second-order valence-electron chi connectivity index (χ2n) is 3.68. The standard InChI is InChI=1S/C11H16FN/c1-4-11(3,13)9-6-5-7-10(12)8(9)2/h5-7H,4,13H2,1-3H3. The number of rotatable bonds is 2. The molecular formula is C11H16FN. The van der Waals surface area contributed by atoms with Crippen LogP contribution in [-0.2, 0) is 5.54 Å². The van der Waals surface area contributed by atoms with Gasteiger partial charge >= 0.3 is 0 Å². The fraction of sp³-hybridized carbons (Fsp3) is 0.455. The summed E-state index contributed by atoms with van der Waals surface area (Å²) in [5.41, 5.74) is 7.18. The summed E-state index contributed by atoms with van der Waals surface area (Å²) in [4.78, 5) is 0. The van der Waals surface area contributed by atoms with E-state index in [4.69, 9.17) is 5.73 Å². The highest BCUT2D eigenvalue weighted by molar-refractivity contribution is 5.32. The SMILES string of the molecule is CCC(C)(N)c1cccc(F)c1C. The molecule has 0 radical (unpaired) electrons. The Bertz CT molecular complexity index is 305. The lowest BCUT2D eigenvalue weighted by atomic mass is 9.87. The van der Waals surface area contributed by atoms with Crippen LogP contribution in [-0.4, -0.2) is 0 Å². The van der Waals surface area contributed by atoms with Gasteiger partial charge < -0.3 is 5.73 Å². The molecule has 0 heterocycles. The molecule has 0 aromatic heterocycles. The quantitative estimate of drug-likeness (QED) is 0.745. The van der Waals surface area contributed by atoms with Gasteiger partial charge in [-0.05, 0) is 37.5 Å². The maximum atomic E-state index is 13.2. The summed E-state index contributed by atoms with van der Waals surface area (Å²) in [5.74, 6) is -0.178. The van der Waals surface area contributed by atoms with Crippen LogP contribution >= 0.6 is 0 Å². The van der Waals surface area contributed by atoms with Gasteiger partial charge in [0.2, 0.25) is 0 Å². The van der Waals surface area contributed by atoms with Crippen LogP contribution < -0.4 is 5.73 Å². The Morgan fingerprint density at radius 3 is 2.62 bits per heavy atom. The van der Waals surface area contributed by atoms with Gasteiger partial charge in [-0.3, -0.25) is 0 Å². The summed E-state index contributed by atoms with van der Waals surface area (Å²) in [6.45, 7) is 5.70. The van der Waals surface area contributed by atoms with Gasteiger partial charge in [0, 0.05) is 5.54 Å². The molecule has 1 rings (SSSR count). The number of nitrogens with two attached hydrogens (primary N) is 1. The smallest absolute Gasteiger partial charge is 0.126 e. The second-order valence-corrected chi connectivity index (χ2v) is 3.68. The molecule has 0 aliphatic rings. The van der Waals surface area contributed by atoms with Gasteiger partial charge in [0.05, 0.1) is 0 Å². The molecule has 2 heteroatoms. The van der Waals surface area contributed by atoms with Crippen molar-refractivity contribution in [3.8, 4) is 0 Å².